The molecule has 2 N–H and O–H groups in total. The molecule has 0 aliphatic carbocycles. The summed E-state index contributed by atoms with van der Waals surface area (Å²) < 4.78 is 0. The van der Waals surface area contributed by atoms with E-state index in [1.807, 2.05) is 0 Å². The summed E-state index contributed by atoms with van der Waals surface area (Å²) in [6, 6.07) is -0.0924. The van der Waals surface area contributed by atoms with Gasteiger partial charge in [0.25, 0.3) is 0 Å². The Balaban J connectivity index is 1.85. The van der Waals surface area contributed by atoms with Gasteiger partial charge in [-0.1, -0.05) is 0 Å². The van der Waals surface area contributed by atoms with Crippen molar-refractivity contribution in [1.82, 2.24) is 9.80 Å². The molecule has 2 aliphatic rings. The third-order valence-corrected chi connectivity index (χ3v) is 3.84. The summed E-state index contributed by atoms with van der Waals surface area (Å²) in [5.74, 6) is -1.25. The number of carboxylic acid groups (broad SMARTS) is 1. The zero-order valence-electron chi connectivity index (χ0n) is 10.6. The molecule has 0 bridgehead atoms. The Labute approximate surface area is 106 Å². The molecule has 0 aromatic rings. The molecule has 2 fully saturated rings. The lowest BCUT2D eigenvalue weighted by atomic mass is 9.98. The van der Waals surface area contributed by atoms with Crippen LogP contribution in [0.1, 0.15) is 26.2 Å². The van der Waals surface area contributed by atoms with Gasteiger partial charge in [-0.3, -0.25) is 4.79 Å². The lowest BCUT2D eigenvalue weighted by molar-refractivity contribution is -0.146. The fourth-order valence-corrected chi connectivity index (χ4v) is 2.45. The van der Waals surface area contributed by atoms with Crippen molar-refractivity contribution in [2.24, 2.45) is 5.92 Å². The highest BCUT2D eigenvalue weighted by Gasteiger charge is 2.38. The minimum atomic E-state index is -0.835. The van der Waals surface area contributed by atoms with Crippen LogP contribution in [0.2, 0.25) is 0 Å². The molecule has 0 saturated carbocycles. The van der Waals surface area contributed by atoms with Crippen LogP contribution in [-0.4, -0.2) is 63.8 Å². The second kappa shape index (κ2) is 4.76. The molecule has 18 heavy (non-hydrogen) atoms. The average Bonchev–Trinajstić information content (AvgIpc) is 2.36. The predicted molar refractivity (Wildman–Crippen MR) is 64.1 cm³/mol. The van der Waals surface area contributed by atoms with Gasteiger partial charge in [-0.15, -0.1) is 0 Å². The van der Waals surface area contributed by atoms with Crippen LogP contribution in [0.15, 0.2) is 0 Å². The van der Waals surface area contributed by atoms with E-state index in [1.54, 1.807) is 16.7 Å². The second-order valence-corrected chi connectivity index (χ2v) is 5.56. The van der Waals surface area contributed by atoms with Crippen LogP contribution in [0, 0.1) is 5.92 Å². The van der Waals surface area contributed by atoms with E-state index in [0.29, 0.717) is 39.0 Å². The van der Waals surface area contributed by atoms with E-state index in [4.69, 9.17) is 5.11 Å². The van der Waals surface area contributed by atoms with Crippen molar-refractivity contribution >= 4 is 12.0 Å². The number of carbonyl (C=O) groups is 2. The largest absolute Gasteiger partial charge is 0.481 e. The maximum atomic E-state index is 12.1. The van der Waals surface area contributed by atoms with Gasteiger partial charge in [-0.05, 0) is 26.2 Å². The number of carboxylic acids is 1. The van der Waals surface area contributed by atoms with Crippen molar-refractivity contribution in [3.05, 3.63) is 0 Å². The van der Waals surface area contributed by atoms with Gasteiger partial charge in [0.05, 0.1) is 11.5 Å². The van der Waals surface area contributed by atoms with Gasteiger partial charge in [-0.2, -0.15) is 0 Å². The van der Waals surface area contributed by atoms with E-state index in [0.717, 1.165) is 6.42 Å². The minimum Gasteiger partial charge on any atom is -0.481 e. The number of hydrogen-bond donors (Lipinski definition) is 2. The van der Waals surface area contributed by atoms with E-state index in [1.165, 1.54) is 0 Å². The highest BCUT2D eigenvalue weighted by molar-refractivity contribution is 5.79. The van der Waals surface area contributed by atoms with Crippen LogP contribution in [0.3, 0.4) is 0 Å². The van der Waals surface area contributed by atoms with Gasteiger partial charge < -0.3 is 20.0 Å². The predicted octanol–water partition coefficient (Wildman–Crippen LogP) is 0.360. The smallest absolute Gasteiger partial charge is 0.320 e. The molecule has 6 heteroatoms. The first-order chi connectivity index (χ1) is 8.39. The van der Waals surface area contributed by atoms with Crippen molar-refractivity contribution in [3.8, 4) is 0 Å². The number of rotatable bonds is 1. The summed E-state index contributed by atoms with van der Waals surface area (Å²) in [6.07, 6.45) is 2.07. The topological polar surface area (TPSA) is 81.1 Å². The molecule has 0 aromatic carbocycles. The molecule has 2 rings (SSSR count). The van der Waals surface area contributed by atoms with Gasteiger partial charge in [0.1, 0.15) is 0 Å². The monoisotopic (exact) mass is 256 g/mol. The first-order valence-corrected chi connectivity index (χ1v) is 6.38. The van der Waals surface area contributed by atoms with Crippen LogP contribution in [0.25, 0.3) is 0 Å². The van der Waals surface area contributed by atoms with Crippen LogP contribution in [0.5, 0.6) is 0 Å². The molecule has 0 radical (unpaired) electrons. The zero-order valence-corrected chi connectivity index (χ0v) is 10.6. The van der Waals surface area contributed by atoms with E-state index >= 15 is 0 Å². The molecule has 6 nitrogen and oxygen atoms in total. The quantitative estimate of drug-likeness (QED) is 0.709. The van der Waals surface area contributed by atoms with Crippen molar-refractivity contribution in [2.45, 2.75) is 31.8 Å². The highest BCUT2D eigenvalue weighted by Crippen LogP contribution is 2.24. The SMILES string of the molecule is CC1(O)CCCN(C(=O)N2CC(C(=O)O)C2)CC1. The van der Waals surface area contributed by atoms with E-state index in [2.05, 4.69) is 0 Å². The van der Waals surface area contributed by atoms with Crippen molar-refractivity contribution in [2.75, 3.05) is 26.2 Å². The lowest BCUT2D eigenvalue weighted by Gasteiger charge is -2.39. The van der Waals surface area contributed by atoms with Crippen LogP contribution >= 0.6 is 0 Å². The molecule has 0 spiro atoms. The molecule has 2 saturated heterocycles. The van der Waals surface area contributed by atoms with Crippen LogP contribution in [-0.2, 0) is 4.79 Å². The zero-order chi connectivity index (χ0) is 13.3. The molecular weight excluding hydrogens is 236 g/mol. The standard InChI is InChI=1S/C12H20N2O4/c1-12(18)3-2-5-13(6-4-12)11(17)14-7-9(8-14)10(15)16/h9,18H,2-8H2,1H3,(H,15,16). The molecule has 0 aromatic heterocycles. The first kappa shape index (κ1) is 13.1. The third-order valence-electron chi connectivity index (χ3n) is 3.84. The molecular formula is C12H20N2O4. The Morgan fingerprint density at radius 2 is 1.83 bits per heavy atom. The van der Waals surface area contributed by atoms with Crippen molar-refractivity contribution < 1.29 is 19.8 Å². The fourth-order valence-electron chi connectivity index (χ4n) is 2.45. The third kappa shape index (κ3) is 2.75. The van der Waals surface area contributed by atoms with Gasteiger partial charge >= 0.3 is 12.0 Å². The Bertz CT molecular complexity index is 350. The summed E-state index contributed by atoms with van der Waals surface area (Å²) in [5.41, 5.74) is -0.687. The summed E-state index contributed by atoms with van der Waals surface area (Å²) in [6.45, 7) is 3.59. The Hall–Kier alpha value is -1.30. The number of nitrogens with zero attached hydrogens (tertiary/aromatic N) is 2. The maximum absolute atomic E-state index is 12.1. The van der Waals surface area contributed by atoms with Crippen LogP contribution in [0.4, 0.5) is 4.79 Å². The Morgan fingerprint density at radius 3 is 2.44 bits per heavy atom. The highest BCUT2D eigenvalue weighted by atomic mass is 16.4. The number of likely N-dealkylation sites (tertiary alicyclic amines) is 2. The molecule has 1 atom stereocenters. The van der Waals surface area contributed by atoms with Gasteiger partial charge in [0.2, 0.25) is 0 Å². The van der Waals surface area contributed by atoms with E-state index in [-0.39, 0.29) is 6.03 Å². The van der Waals surface area contributed by atoms with E-state index in [9.17, 15) is 14.7 Å². The fraction of sp³-hybridized carbons (Fsp3) is 0.833. The van der Waals surface area contributed by atoms with Gasteiger partial charge in [-0.25, -0.2) is 4.79 Å². The van der Waals surface area contributed by atoms with Crippen LogP contribution < -0.4 is 0 Å². The van der Waals surface area contributed by atoms with E-state index < -0.39 is 17.5 Å². The normalized spacial score (nSPS) is 29.7. The van der Waals surface area contributed by atoms with Crippen molar-refractivity contribution in [3.63, 3.8) is 0 Å². The molecule has 2 heterocycles. The summed E-state index contributed by atoms with van der Waals surface area (Å²) in [7, 11) is 0. The second-order valence-electron chi connectivity index (χ2n) is 5.56. The molecule has 2 aliphatic heterocycles. The van der Waals surface area contributed by atoms with Gasteiger partial charge in [0, 0.05) is 26.2 Å². The number of carbonyl (C=O) groups excluding carboxylic acids is 1. The Morgan fingerprint density at radius 1 is 1.17 bits per heavy atom. The minimum absolute atomic E-state index is 0.0924. The summed E-state index contributed by atoms with van der Waals surface area (Å²) in [4.78, 5) is 26.1. The summed E-state index contributed by atoms with van der Waals surface area (Å²) >= 11 is 0. The molecule has 1 unspecified atom stereocenters. The lowest BCUT2D eigenvalue weighted by Crippen LogP contribution is -2.57. The number of amides is 2. The first-order valence-electron chi connectivity index (χ1n) is 6.38. The Kier molecular flexibility index (Phi) is 3.47. The average molecular weight is 256 g/mol. The number of hydrogen-bond acceptors (Lipinski definition) is 3. The van der Waals surface area contributed by atoms with Crippen molar-refractivity contribution in [1.29, 1.82) is 0 Å². The molecule has 2 amide bonds. The maximum Gasteiger partial charge on any atom is 0.320 e. The summed E-state index contributed by atoms with van der Waals surface area (Å²) in [5, 5.41) is 18.7. The molecule has 102 valence electrons. The number of aliphatic hydroxyl groups is 1. The number of aliphatic carboxylic acids is 1. The van der Waals surface area contributed by atoms with Gasteiger partial charge in [0.15, 0.2) is 0 Å². The number of urea groups is 1.